The molecule has 0 aliphatic carbocycles. The average molecular weight is 295 g/mol. The zero-order chi connectivity index (χ0) is 15.0. The third-order valence-corrected chi connectivity index (χ3v) is 4.43. The molecule has 1 aromatic carbocycles. The lowest BCUT2D eigenvalue weighted by Gasteiger charge is -2.23. The first-order valence-corrected chi connectivity index (χ1v) is 8.13. The lowest BCUT2D eigenvalue weighted by molar-refractivity contribution is -0.149. The van der Waals surface area contributed by atoms with Crippen LogP contribution < -0.4 is 5.32 Å². The van der Waals surface area contributed by atoms with E-state index in [1.54, 1.807) is 0 Å². The van der Waals surface area contributed by atoms with Crippen LogP contribution in [0.2, 0.25) is 0 Å². The van der Waals surface area contributed by atoms with Crippen LogP contribution in [0.15, 0.2) is 30.3 Å². The molecule has 1 unspecified atom stereocenters. The fraction of sp³-hybridized carbons (Fsp3) is 0.562. The SMILES string of the molecule is CSC(C)(C)CNCC(C)C(=O)OCc1ccccc1. The molecule has 0 saturated carbocycles. The predicted molar refractivity (Wildman–Crippen MR) is 85.9 cm³/mol. The van der Waals surface area contributed by atoms with Gasteiger partial charge in [-0.1, -0.05) is 37.3 Å². The minimum Gasteiger partial charge on any atom is -0.461 e. The van der Waals surface area contributed by atoms with Gasteiger partial charge in [0.25, 0.3) is 0 Å². The van der Waals surface area contributed by atoms with E-state index in [4.69, 9.17) is 4.74 Å². The van der Waals surface area contributed by atoms with Crippen molar-refractivity contribution in [3.63, 3.8) is 0 Å². The van der Waals surface area contributed by atoms with Gasteiger partial charge in [-0.05, 0) is 25.7 Å². The third kappa shape index (κ3) is 6.44. The number of hydrogen-bond acceptors (Lipinski definition) is 4. The van der Waals surface area contributed by atoms with Crippen LogP contribution in [0.5, 0.6) is 0 Å². The third-order valence-electron chi connectivity index (χ3n) is 3.18. The summed E-state index contributed by atoms with van der Waals surface area (Å²) in [5.41, 5.74) is 1.02. The summed E-state index contributed by atoms with van der Waals surface area (Å²) in [7, 11) is 0. The molecule has 112 valence electrons. The molecule has 20 heavy (non-hydrogen) atoms. The van der Waals surface area contributed by atoms with Crippen LogP contribution >= 0.6 is 11.8 Å². The van der Waals surface area contributed by atoms with Crippen molar-refractivity contribution in [3.05, 3.63) is 35.9 Å². The Bertz CT molecular complexity index is 406. The number of ether oxygens (including phenoxy) is 1. The normalized spacial score (nSPS) is 13.0. The summed E-state index contributed by atoms with van der Waals surface area (Å²) >= 11 is 1.82. The van der Waals surface area contributed by atoms with Crippen molar-refractivity contribution in [2.45, 2.75) is 32.1 Å². The standard InChI is InChI=1S/C16H25NO2S/c1-13(10-17-12-16(2,3)20-4)15(18)19-11-14-8-6-5-7-9-14/h5-9,13,17H,10-12H2,1-4H3. The number of rotatable bonds is 8. The molecule has 0 aromatic heterocycles. The van der Waals surface area contributed by atoms with Crippen LogP contribution in [0.1, 0.15) is 26.3 Å². The topological polar surface area (TPSA) is 38.3 Å². The summed E-state index contributed by atoms with van der Waals surface area (Å²) in [5, 5.41) is 3.33. The van der Waals surface area contributed by atoms with Crippen LogP contribution in [0.4, 0.5) is 0 Å². The average Bonchev–Trinajstić information content (AvgIpc) is 2.45. The van der Waals surface area contributed by atoms with E-state index in [2.05, 4.69) is 25.4 Å². The van der Waals surface area contributed by atoms with Gasteiger partial charge in [-0.15, -0.1) is 0 Å². The lowest BCUT2D eigenvalue weighted by atomic mass is 10.1. The molecular formula is C16H25NO2S. The van der Waals surface area contributed by atoms with Gasteiger partial charge in [-0.25, -0.2) is 0 Å². The van der Waals surface area contributed by atoms with Gasteiger partial charge in [-0.3, -0.25) is 4.79 Å². The molecule has 4 heteroatoms. The van der Waals surface area contributed by atoms with Crippen molar-refractivity contribution in [2.75, 3.05) is 19.3 Å². The Morgan fingerprint density at radius 1 is 1.35 bits per heavy atom. The highest BCUT2D eigenvalue weighted by atomic mass is 32.2. The zero-order valence-corrected chi connectivity index (χ0v) is 13.6. The van der Waals surface area contributed by atoms with E-state index in [0.29, 0.717) is 13.2 Å². The van der Waals surface area contributed by atoms with Crippen molar-refractivity contribution >= 4 is 17.7 Å². The number of carbonyl (C=O) groups excluding carboxylic acids is 1. The summed E-state index contributed by atoms with van der Waals surface area (Å²) in [5.74, 6) is -0.278. The first-order chi connectivity index (χ1) is 9.44. The highest BCUT2D eigenvalue weighted by Gasteiger charge is 2.18. The minimum absolute atomic E-state index is 0.128. The Labute approximate surface area is 126 Å². The van der Waals surface area contributed by atoms with Gasteiger partial charge >= 0.3 is 5.97 Å². The largest absolute Gasteiger partial charge is 0.461 e. The van der Waals surface area contributed by atoms with E-state index in [1.165, 1.54) is 0 Å². The number of nitrogens with one attached hydrogen (secondary N) is 1. The van der Waals surface area contributed by atoms with Gasteiger partial charge in [0.1, 0.15) is 6.61 Å². The van der Waals surface area contributed by atoms with Gasteiger partial charge in [-0.2, -0.15) is 11.8 Å². The molecule has 0 fully saturated rings. The molecule has 0 heterocycles. The highest BCUT2D eigenvalue weighted by Crippen LogP contribution is 2.19. The Morgan fingerprint density at radius 2 is 2.00 bits per heavy atom. The van der Waals surface area contributed by atoms with Crippen LogP contribution in [0, 0.1) is 5.92 Å². The summed E-state index contributed by atoms with van der Waals surface area (Å²) in [4.78, 5) is 11.9. The van der Waals surface area contributed by atoms with E-state index in [1.807, 2.05) is 49.0 Å². The number of thioether (sulfide) groups is 1. The molecule has 0 bridgehead atoms. The number of benzene rings is 1. The maximum atomic E-state index is 11.9. The summed E-state index contributed by atoms with van der Waals surface area (Å²) in [6, 6.07) is 9.75. The Hall–Kier alpha value is -1.00. The second-order valence-electron chi connectivity index (χ2n) is 5.59. The summed E-state index contributed by atoms with van der Waals surface area (Å²) in [6.07, 6.45) is 2.10. The molecule has 1 aromatic rings. The number of hydrogen-bond donors (Lipinski definition) is 1. The molecule has 1 rings (SSSR count). The van der Waals surface area contributed by atoms with Crippen molar-refractivity contribution < 1.29 is 9.53 Å². The number of carbonyl (C=O) groups is 1. The fourth-order valence-electron chi connectivity index (χ4n) is 1.62. The molecule has 1 atom stereocenters. The highest BCUT2D eigenvalue weighted by molar-refractivity contribution is 7.99. The Morgan fingerprint density at radius 3 is 2.60 bits per heavy atom. The van der Waals surface area contributed by atoms with Gasteiger partial charge in [0.05, 0.1) is 5.92 Å². The molecule has 0 spiro atoms. The van der Waals surface area contributed by atoms with Crippen LogP contribution in [0.3, 0.4) is 0 Å². The van der Waals surface area contributed by atoms with Crippen molar-refractivity contribution in [1.82, 2.24) is 5.32 Å². The van der Waals surface area contributed by atoms with Gasteiger partial charge in [0.15, 0.2) is 0 Å². The smallest absolute Gasteiger partial charge is 0.310 e. The molecular weight excluding hydrogens is 270 g/mol. The van der Waals surface area contributed by atoms with E-state index in [9.17, 15) is 4.79 Å². The monoisotopic (exact) mass is 295 g/mol. The molecule has 0 aliphatic heterocycles. The summed E-state index contributed by atoms with van der Waals surface area (Å²) in [6.45, 7) is 8.14. The first-order valence-electron chi connectivity index (χ1n) is 6.91. The van der Waals surface area contributed by atoms with E-state index in [0.717, 1.165) is 12.1 Å². The first kappa shape index (κ1) is 17.1. The van der Waals surface area contributed by atoms with Gasteiger partial charge < -0.3 is 10.1 Å². The Balaban J connectivity index is 2.26. The maximum Gasteiger partial charge on any atom is 0.310 e. The van der Waals surface area contributed by atoms with Crippen LogP contribution in [0.25, 0.3) is 0 Å². The zero-order valence-electron chi connectivity index (χ0n) is 12.8. The van der Waals surface area contributed by atoms with Crippen molar-refractivity contribution in [2.24, 2.45) is 5.92 Å². The van der Waals surface area contributed by atoms with E-state index in [-0.39, 0.29) is 16.6 Å². The maximum absolute atomic E-state index is 11.9. The second-order valence-corrected chi connectivity index (χ2v) is 7.10. The second kappa shape index (κ2) is 8.32. The molecule has 0 saturated heterocycles. The molecule has 3 nitrogen and oxygen atoms in total. The minimum atomic E-state index is -0.150. The fourth-order valence-corrected chi connectivity index (χ4v) is 1.86. The van der Waals surface area contributed by atoms with Crippen LogP contribution in [-0.2, 0) is 16.1 Å². The van der Waals surface area contributed by atoms with Crippen molar-refractivity contribution in [3.8, 4) is 0 Å². The molecule has 1 N–H and O–H groups in total. The quantitative estimate of drug-likeness (QED) is 0.748. The molecule has 0 radical (unpaired) electrons. The molecule has 0 aliphatic rings. The Kier molecular flexibility index (Phi) is 7.10. The summed E-state index contributed by atoms with van der Waals surface area (Å²) < 4.78 is 5.50. The van der Waals surface area contributed by atoms with E-state index < -0.39 is 0 Å². The van der Waals surface area contributed by atoms with Crippen molar-refractivity contribution in [1.29, 1.82) is 0 Å². The predicted octanol–water partition coefficient (Wildman–Crippen LogP) is 3.10. The van der Waals surface area contributed by atoms with Gasteiger partial charge in [0.2, 0.25) is 0 Å². The lowest BCUT2D eigenvalue weighted by Crippen LogP contribution is -2.36. The molecule has 0 amide bonds. The number of esters is 1. The van der Waals surface area contributed by atoms with Crippen LogP contribution in [-0.4, -0.2) is 30.1 Å². The van der Waals surface area contributed by atoms with Gasteiger partial charge in [0, 0.05) is 17.8 Å². The van der Waals surface area contributed by atoms with E-state index >= 15 is 0 Å².